The van der Waals surface area contributed by atoms with Gasteiger partial charge in [0.15, 0.2) is 5.13 Å². The van der Waals surface area contributed by atoms with E-state index in [9.17, 15) is 0 Å². The lowest BCUT2D eigenvalue weighted by Gasteiger charge is -2.19. The van der Waals surface area contributed by atoms with Gasteiger partial charge in [0.2, 0.25) is 0 Å². The largest absolute Gasteiger partial charge is 0.348 e. The predicted molar refractivity (Wildman–Crippen MR) is 71.5 cm³/mol. The summed E-state index contributed by atoms with van der Waals surface area (Å²) in [5.74, 6) is 1.44. The van der Waals surface area contributed by atoms with E-state index in [2.05, 4.69) is 22.2 Å². The molecule has 0 radical (unpaired) electrons. The topological polar surface area (TPSA) is 16.1 Å². The van der Waals surface area contributed by atoms with Gasteiger partial charge in [-0.2, -0.15) is 0 Å². The molecule has 1 aromatic heterocycles. The van der Waals surface area contributed by atoms with E-state index >= 15 is 0 Å². The first-order valence-corrected chi connectivity index (χ1v) is 7.50. The second-order valence-electron chi connectivity index (χ2n) is 4.45. The molecule has 0 bridgehead atoms. The summed E-state index contributed by atoms with van der Waals surface area (Å²) in [5, 5.41) is 3.23. The third kappa shape index (κ3) is 2.89. The maximum atomic E-state index is 5.78. The summed E-state index contributed by atoms with van der Waals surface area (Å²) in [5.41, 5.74) is 1.01. The summed E-state index contributed by atoms with van der Waals surface area (Å²) >= 11 is 7.51. The summed E-state index contributed by atoms with van der Waals surface area (Å²) in [6, 6.07) is 0. The van der Waals surface area contributed by atoms with E-state index in [0.717, 1.165) is 29.8 Å². The average Bonchev–Trinajstić information content (AvgIpc) is 2.67. The molecule has 0 amide bonds. The van der Waals surface area contributed by atoms with Crippen LogP contribution in [-0.4, -0.2) is 18.1 Å². The minimum absolute atomic E-state index is 0.530. The number of thiazole rings is 1. The van der Waals surface area contributed by atoms with Crippen LogP contribution in [0.25, 0.3) is 0 Å². The second kappa shape index (κ2) is 5.87. The van der Waals surface area contributed by atoms with Crippen molar-refractivity contribution in [2.45, 2.75) is 38.5 Å². The van der Waals surface area contributed by atoms with Crippen LogP contribution in [-0.2, 0) is 5.88 Å². The van der Waals surface area contributed by atoms with Gasteiger partial charge in [0.1, 0.15) is 0 Å². The van der Waals surface area contributed by atoms with Crippen LogP contribution < -0.4 is 4.90 Å². The van der Waals surface area contributed by atoms with Crippen LogP contribution in [0.2, 0.25) is 0 Å². The Kier molecular flexibility index (Phi) is 4.47. The molecule has 0 saturated carbocycles. The van der Waals surface area contributed by atoms with Gasteiger partial charge in [0.25, 0.3) is 0 Å². The summed E-state index contributed by atoms with van der Waals surface area (Å²) in [6.45, 7) is 4.62. The second-order valence-corrected chi connectivity index (χ2v) is 5.55. The molecule has 90 valence electrons. The number of alkyl halides is 1. The lowest BCUT2D eigenvalue weighted by atomic mass is 9.98. The molecule has 4 heteroatoms. The first-order valence-electron chi connectivity index (χ1n) is 6.08. The van der Waals surface area contributed by atoms with Crippen LogP contribution in [0, 0.1) is 5.92 Å². The molecule has 2 nitrogen and oxygen atoms in total. The lowest BCUT2D eigenvalue weighted by Crippen LogP contribution is -2.24. The van der Waals surface area contributed by atoms with Crippen LogP contribution >= 0.6 is 22.9 Å². The minimum Gasteiger partial charge on any atom is -0.348 e. The molecule has 16 heavy (non-hydrogen) atoms. The van der Waals surface area contributed by atoms with E-state index in [4.69, 9.17) is 11.6 Å². The van der Waals surface area contributed by atoms with E-state index in [1.54, 1.807) is 11.3 Å². The smallest absolute Gasteiger partial charge is 0.185 e. The monoisotopic (exact) mass is 258 g/mol. The van der Waals surface area contributed by atoms with E-state index < -0.39 is 0 Å². The average molecular weight is 259 g/mol. The van der Waals surface area contributed by atoms with Gasteiger partial charge in [-0.25, -0.2) is 4.98 Å². The highest BCUT2D eigenvalue weighted by Gasteiger charge is 2.17. The molecule has 0 N–H and O–H groups in total. The predicted octanol–water partition coefficient (Wildman–Crippen LogP) is 3.90. The molecule has 1 aliphatic heterocycles. The molecule has 1 saturated heterocycles. The van der Waals surface area contributed by atoms with Crippen molar-refractivity contribution in [2.75, 3.05) is 18.0 Å². The van der Waals surface area contributed by atoms with Crippen molar-refractivity contribution in [1.29, 1.82) is 0 Å². The Hall–Kier alpha value is -0.280. The zero-order valence-corrected chi connectivity index (χ0v) is 11.4. The van der Waals surface area contributed by atoms with Gasteiger partial charge in [-0.1, -0.05) is 13.3 Å². The number of rotatable bonds is 3. The van der Waals surface area contributed by atoms with Gasteiger partial charge in [0.05, 0.1) is 11.6 Å². The molecule has 2 heterocycles. The summed E-state index contributed by atoms with van der Waals surface area (Å²) in [4.78, 5) is 6.98. The van der Waals surface area contributed by atoms with Gasteiger partial charge in [0, 0.05) is 18.5 Å². The van der Waals surface area contributed by atoms with Crippen molar-refractivity contribution in [3.05, 3.63) is 11.1 Å². The quantitative estimate of drug-likeness (QED) is 0.765. The molecular weight excluding hydrogens is 240 g/mol. The molecule has 0 aliphatic carbocycles. The van der Waals surface area contributed by atoms with Crippen molar-refractivity contribution >= 4 is 28.1 Å². The molecule has 1 unspecified atom stereocenters. The van der Waals surface area contributed by atoms with Gasteiger partial charge < -0.3 is 4.90 Å². The van der Waals surface area contributed by atoms with E-state index in [1.165, 1.54) is 25.7 Å². The van der Waals surface area contributed by atoms with Gasteiger partial charge >= 0.3 is 0 Å². The van der Waals surface area contributed by atoms with E-state index in [-0.39, 0.29) is 0 Å². The lowest BCUT2D eigenvalue weighted by molar-refractivity contribution is 0.459. The number of aromatic nitrogens is 1. The van der Waals surface area contributed by atoms with Gasteiger partial charge in [-0.05, 0) is 25.2 Å². The number of halogens is 1. The Morgan fingerprint density at radius 3 is 3.06 bits per heavy atom. The molecular formula is C12H19ClN2S. The van der Waals surface area contributed by atoms with E-state index in [0.29, 0.717) is 5.88 Å². The Balaban J connectivity index is 1.99. The highest BCUT2D eigenvalue weighted by atomic mass is 35.5. The zero-order chi connectivity index (χ0) is 11.4. The summed E-state index contributed by atoms with van der Waals surface area (Å²) in [6.07, 6.45) is 5.31. The third-order valence-corrected chi connectivity index (χ3v) is 4.60. The van der Waals surface area contributed by atoms with Gasteiger partial charge in [-0.15, -0.1) is 22.9 Å². The zero-order valence-electron chi connectivity index (χ0n) is 9.79. The van der Waals surface area contributed by atoms with Crippen molar-refractivity contribution in [1.82, 2.24) is 4.98 Å². The molecule has 1 fully saturated rings. The first kappa shape index (κ1) is 12.2. The maximum absolute atomic E-state index is 5.78. The SMILES string of the molecule is CCC1CCCN(c2nc(CCl)cs2)CC1. The van der Waals surface area contributed by atoms with Gasteiger partial charge in [-0.3, -0.25) is 0 Å². The maximum Gasteiger partial charge on any atom is 0.185 e. The molecule has 0 spiro atoms. The highest BCUT2D eigenvalue weighted by molar-refractivity contribution is 7.13. The van der Waals surface area contributed by atoms with Crippen molar-refractivity contribution in [3.8, 4) is 0 Å². The molecule has 1 atom stereocenters. The molecule has 2 rings (SSSR count). The van der Waals surface area contributed by atoms with Crippen LogP contribution in [0.5, 0.6) is 0 Å². The Bertz CT molecular complexity index is 327. The van der Waals surface area contributed by atoms with Crippen LogP contribution in [0.4, 0.5) is 5.13 Å². The fraction of sp³-hybridized carbons (Fsp3) is 0.750. The van der Waals surface area contributed by atoms with Crippen molar-refractivity contribution in [3.63, 3.8) is 0 Å². The van der Waals surface area contributed by atoms with Crippen LogP contribution in [0.15, 0.2) is 5.38 Å². The number of hydrogen-bond donors (Lipinski definition) is 0. The summed E-state index contributed by atoms with van der Waals surface area (Å²) < 4.78 is 0. The first-order chi connectivity index (χ1) is 7.83. The fourth-order valence-corrected chi connectivity index (χ4v) is 3.38. The standard InChI is InChI=1S/C12H19ClN2S/c1-2-10-4-3-6-15(7-5-10)12-14-11(8-13)9-16-12/h9-10H,2-8H2,1H3. The Morgan fingerprint density at radius 1 is 1.50 bits per heavy atom. The van der Waals surface area contributed by atoms with Crippen molar-refractivity contribution < 1.29 is 0 Å². The highest BCUT2D eigenvalue weighted by Crippen LogP contribution is 2.27. The molecule has 1 aromatic rings. The third-order valence-electron chi connectivity index (χ3n) is 3.37. The fourth-order valence-electron chi connectivity index (χ4n) is 2.27. The minimum atomic E-state index is 0.530. The Morgan fingerprint density at radius 2 is 2.38 bits per heavy atom. The number of anilines is 1. The molecule has 1 aliphatic rings. The normalized spacial score (nSPS) is 22.1. The summed E-state index contributed by atoms with van der Waals surface area (Å²) in [7, 11) is 0. The van der Waals surface area contributed by atoms with Crippen LogP contribution in [0.3, 0.4) is 0 Å². The molecule has 0 aromatic carbocycles. The Labute approximate surface area is 107 Å². The van der Waals surface area contributed by atoms with Crippen molar-refractivity contribution in [2.24, 2.45) is 5.92 Å². The van der Waals surface area contributed by atoms with E-state index in [1.807, 2.05) is 0 Å². The van der Waals surface area contributed by atoms with Crippen LogP contribution in [0.1, 0.15) is 38.3 Å². The number of nitrogens with zero attached hydrogens (tertiary/aromatic N) is 2. The number of hydrogen-bond acceptors (Lipinski definition) is 3.